The van der Waals surface area contributed by atoms with Crippen molar-refractivity contribution in [1.82, 2.24) is 4.90 Å². The Morgan fingerprint density at radius 2 is 2.15 bits per heavy atom. The van der Waals surface area contributed by atoms with Gasteiger partial charge in [-0.15, -0.1) is 0 Å². The zero-order chi connectivity index (χ0) is 10.1. The summed E-state index contributed by atoms with van der Waals surface area (Å²) in [6, 6.07) is 0. The Hall–Kier alpha value is 0.360. The van der Waals surface area contributed by atoms with Gasteiger partial charge in [0.15, 0.2) is 0 Å². The van der Waals surface area contributed by atoms with Crippen LogP contribution in [-0.4, -0.2) is 55.3 Å². The van der Waals surface area contributed by atoms with E-state index in [0.717, 1.165) is 11.9 Å². The van der Waals surface area contributed by atoms with Crippen LogP contribution in [-0.2, 0) is 4.74 Å². The summed E-state index contributed by atoms with van der Waals surface area (Å²) in [5, 5.41) is 10.5. The van der Waals surface area contributed by atoms with Crippen LogP contribution in [0.5, 0.6) is 0 Å². The number of hydrogen-bond acceptors (Lipinski definition) is 3. The number of methoxy groups -OCH3 is 1. The van der Waals surface area contributed by atoms with Crippen LogP contribution in [0.2, 0.25) is 0 Å². The lowest BCUT2D eigenvalue weighted by molar-refractivity contribution is 0.0431. The van der Waals surface area contributed by atoms with Crippen molar-refractivity contribution in [2.75, 3.05) is 39.2 Å². The molecule has 1 atom stereocenters. The highest BCUT2D eigenvalue weighted by molar-refractivity contribution is 9.09. The first-order valence-electron chi connectivity index (χ1n) is 4.62. The molecule has 80 valence electrons. The van der Waals surface area contributed by atoms with Crippen molar-refractivity contribution >= 4 is 15.9 Å². The lowest BCUT2D eigenvalue weighted by Gasteiger charge is -2.19. The molecule has 4 heteroatoms. The summed E-state index contributed by atoms with van der Waals surface area (Å²) < 4.78 is 4.85. The van der Waals surface area contributed by atoms with Crippen LogP contribution in [0.3, 0.4) is 0 Å². The van der Waals surface area contributed by atoms with Crippen LogP contribution in [0.15, 0.2) is 0 Å². The van der Waals surface area contributed by atoms with E-state index in [9.17, 15) is 5.11 Å². The number of hydrogen-bond donors (Lipinski definition) is 1. The lowest BCUT2D eigenvalue weighted by Crippen LogP contribution is -2.32. The molecule has 0 radical (unpaired) electrons. The number of likely N-dealkylation sites (N-methyl/N-ethyl adjacent to an activating group) is 1. The number of ether oxygens (including phenoxy) is 1. The van der Waals surface area contributed by atoms with E-state index in [1.807, 2.05) is 7.05 Å². The summed E-state index contributed by atoms with van der Waals surface area (Å²) in [4.78, 5) is 2.13. The predicted octanol–water partition coefficient (Wildman–Crippen LogP) is 1.10. The second-order valence-electron chi connectivity index (χ2n) is 3.27. The van der Waals surface area contributed by atoms with Gasteiger partial charge >= 0.3 is 0 Å². The Balaban J connectivity index is 3.32. The number of alkyl halides is 1. The largest absolute Gasteiger partial charge is 0.389 e. The Labute approximate surface area is 89.2 Å². The van der Waals surface area contributed by atoms with Crippen LogP contribution in [0.1, 0.15) is 12.8 Å². The minimum atomic E-state index is -0.362. The Morgan fingerprint density at radius 3 is 2.69 bits per heavy atom. The van der Waals surface area contributed by atoms with E-state index in [0.29, 0.717) is 13.2 Å². The van der Waals surface area contributed by atoms with Gasteiger partial charge in [-0.2, -0.15) is 0 Å². The minimum Gasteiger partial charge on any atom is -0.389 e. The van der Waals surface area contributed by atoms with E-state index in [4.69, 9.17) is 4.74 Å². The normalized spacial score (nSPS) is 13.6. The molecule has 13 heavy (non-hydrogen) atoms. The second-order valence-corrected chi connectivity index (χ2v) is 4.06. The van der Waals surface area contributed by atoms with E-state index >= 15 is 0 Å². The van der Waals surface area contributed by atoms with Crippen molar-refractivity contribution in [2.24, 2.45) is 0 Å². The third-order valence-electron chi connectivity index (χ3n) is 1.80. The smallest absolute Gasteiger partial charge is 0.0899 e. The summed E-state index contributed by atoms with van der Waals surface area (Å²) in [6.45, 7) is 2.14. The summed E-state index contributed by atoms with van der Waals surface area (Å²) >= 11 is 3.39. The minimum absolute atomic E-state index is 0.362. The molecule has 0 saturated carbocycles. The van der Waals surface area contributed by atoms with Gasteiger partial charge < -0.3 is 14.7 Å². The molecule has 0 fully saturated rings. The molecule has 0 aliphatic heterocycles. The molecule has 1 unspecified atom stereocenters. The van der Waals surface area contributed by atoms with Gasteiger partial charge in [0, 0.05) is 19.0 Å². The third kappa shape index (κ3) is 8.68. The SMILES string of the molecule is COCC(O)CN(C)CCCCBr. The first-order chi connectivity index (χ1) is 6.20. The fourth-order valence-electron chi connectivity index (χ4n) is 1.17. The average molecular weight is 254 g/mol. The quantitative estimate of drug-likeness (QED) is 0.520. The molecule has 1 N–H and O–H groups in total. The number of unbranched alkanes of at least 4 members (excludes halogenated alkanes) is 1. The highest BCUT2D eigenvalue weighted by Gasteiger charge is 2.06. The molecule has 3 nitrogen and oxygen atoms in total. The van der Waals surface area contributed by atoms with Crippen molar-refractivity contribution in [1.29, 1.82) is 0 Å². The molecule has 0 saturated heterocycles. The van der Waals surface area contributed by atoms with Gasteiger partial charge in [-0.1, -0.05) is 15.9 Å². The molecule has 0 aromatic carbocycles. The van der Waals surface area contributed by atoms with Crippen molar-refractivity contribution in [3.63, 3.8) is 0 Å². The number of rotatable bonds is 8. The van der Waals surface area contributed by atoms with E-state index in [2.05, 4.69) is 20.8 Å². The molecular weight excluding hydrogens is 234 g/mol. The van der Waals surface area contributed by atoms with Crippen molar-refractivity contribution in [3.05, 3.63) is 0 Å². The van der Waals surface area contributed by atoms with Crippen LogP contribution in [0.25, 0.3) is 0 Å². The van der Waals surface area contributed by atoms with Gasteiger partial charge in [-0.3, -0.25) is 0 Å². The highest BCUT2D eigenvalue weighted by atomic mass is 79.9. The molecule has 0 aliphatic carbocycles. The molecule has 0 bridgehead atoms. The van der Waals surface area contributed by atoms with Gasteiger partial charge in [0.05, 0.1) is 12.7 Å². The summed E-state index contributed by atoms with van der Waals surface area (Å²) in [5.41, 5.74) is 0. The highest BCUT2D eigenvalue weighted by Crippen LogP contribution is 1.97. The number of nitrogens with zero attached hydrogens (tertiary/aromatic N) is 1. The number of aliphatic hydroxyl groups excluding tert-OH is 1. The zero-order valence-corrected chi connectivity index (χ0v) is 10.1. The molecule has 0 amide bonds. The molecular formula is C9H20BrNO2. The fraction of sp³-hybridized carbons (Fsp3) is 1.00. The maximum Gasteiger partial charge on any atom is 0.0899 e. The Bertz CT molecular complexity index is 114. The molecule has 0 aromatic rings. The average Bonchev–Trinajstić information content (AvgIpc) is 2.05. The Kier molecular flexibility index (Phi) is 9.18. The van der Waals surface area contributed by atoms with Crippen LogP contribution >= 0.6 is 15.9 Å². The van der Waals surface area contributed by atoms with E-state index in [1.165, 1.54) is 12.8 Å². The monoisotopic (exact) mass is 253 g/mol. The van der Waals surface area contributed by atoms with Gasteiger partial charge in [0.1, 0.15) is 0 Å². The van der Waals surface area contributed by atoms with Crippen LogP contribution < -0.4 is 0 Å². The van der Waals surface area contributed by atoms with Gasteiger partial charge in [-0.25, -0.2) is 0 Å². The third-order valence-corrected chi connectivity index (χ3v) is 2.37. The first-order valence-corrected chi connectivity index (χ1v) is 5.74. The van der Waals surface area contributed by atoms with Crippen molar-refractivity contribution in [3.8, 4) is 0 Å². The molecule has 0 aliphatic rings. The fourth-order valence-corrected chi connectivity index (χ4v) is 1.57. The first kappa shape index (κ1) is 13.4. The predicted molar refractivity (Wildman–Crippen MR) is 58.4 cm³/mol. The second kappa shape index (κ2) is 8.94. The van der Waals surface area contributed by atoms with Crippen LogP contribution in [0.4, 0.5) is 0 Å². The maximum atomic E-state index is 9.40. The lowest BCUT2D eigenvalue weighted by atomic mass is 10.3. The molecule has 0 heterocycles. The summed E-state index contributed by atoms with van der Waals surface area (Å²) in [6.07, 6.45) is 1.99. The topological polar surface area (TPSA) is 32.7 Å². The molecule has 0 aromatic heterocycles. The van der Waals surface area contributed by atoms with Crippen molar-refractivity contribution in [2.45, 2.75) is 18.9 Å². The summed E-state index contributed by atoms with van der Waals surface area (Å²) in [7, 11) is 3.63. The summed E-state index contributed by atoms with van der Waals surface area (Å²) in [5.74, 6) is 0. The van der Waals surface area contributed by atoms with Gasteiger partial charge in [0.2, 0.25) is 0 Å². The Morgan fingerprint density at radius 1 is 1.46 bits per heavy atom. The van der Waals surface area contributed by atoms with Crippen molar-refractivity contribution < 1.29 is 9.84 Å². The number of aliphatic hydroxyl groups is 1. The number of halogens is 1. The van der Waals surface area contributed by atoms with E-state index in [-0.39, 0.29) is 6.10 Å². The van der Waals surface area contributed by atoms with E-state index < -0.39 is 0 Å². The van der Waals surface area contributed by atoms with Crippen LogP contribution in [0, 0.1) is 0 Å². The standard InChI is InChI=1S/C9H20BrNO2/c1-11(6-4-3-5-10)7-9(12)8-13-2/h9,12H,3-8H2,1-2H3. The van der Waals surface area contributed by atoms with Gasteiger partial charge in [-0.05, 0) is 26.4 Å². The zero-order valence-electron chi connectivity index (χ0n) is 8.50. The van der Waals surface area contributed by atoms with Gasteiger partial charge in [0.25, 0.3) is 0 Å². The maximum absolute atomic E-state index is 9.40. The molecule has 0 spiro atoms. The molecule has 0 rings (SSSR count). The van der Waals surface area contributed by atoms with E-state index in [1.54, 1.807) is 7.11 Å².